The second-order valence-corrected chi connectivity index (χ2v) is 29.7. The van der Waals surface area contributed by atoms with Gasteiger partial charge in [-0.3, -0.25) is 43.2 Å². The number of carboxylic acids is 1. The monoisotopic (exact) mass is 1460 g/mol. The van der Waals surface area contributed by atoms with Crippen LogP contribution in [0.25, 0.3) is 6.08 Å². The van der Waals surface area contributed by atoms with Crippen LogP contribution in [0, 0.1) is 47.8 Å². The number of carboxylic acid groups (broad SMARTS) is 1. The van der Waals surface area contributed by atoms with Crippen LogP contribution in [0.5, 0.6) is 5.75 Å². The van der Waals surface area contributed by atoms with Gasteiger partial charge in [-0.25, -0.2) is 0 Å². The van der Waals surface area contributed by atoms with E-state index in [1.807, 2.05) is 43.5 Å². The SMILES string of the molecule is C=Cc1c(C[C@H](CC(=O)[C@H](CCSC)NC(=O)[C@@H](CC(=O)[C@@H](NC(=O)[C@@H](CC(=O)[C@H](Cc2ccccc2)NC(=O)C(CN)(CCCN)CCCN)Cc2ccc(O)cc2)C(C)C)C(C)C)C(=O)N[C@@H](CCCCN)C(=O)C[C@H](CCCCN)C(=O)O)c[nH]c1C.[B][B]B([B])[P-]B(B([B])[B])B([B])[B].[K+]. The summed E-state index contributed by atoms with van der Waals surface area (Å²) in [5.41, 5.74) is 32.1. The Morgan fingerprint density at radius 3 is 1.63 bits per heavy atom. The molecule has 539 valence electrons. The van der Waals surface area contributed by atoms with Crippen molar-refractivity contribution in [1.82, 2.24) is 26.3 Å². The number of nitrogens with one attached hydrogen (secondary N) is 5. The summed E-state index contributed by atoms with van der Waals surface area (Å²) in [4.78, 5) is 132. The zero-order chi connectivity index (χ0) is 76.6. The first-order valence-electron chi connectivity index (χ1n) is 35.6. The smallest absolute Gasteiger partial charge is 0.629 e. The molecule has 0 fully saturated rings. The van der Waals surface area contributed by atoms with Crippen LogP contribution in [0.2, 0.25) is 0 Å². The van der Waals surface area contributed by atoms with Crippen molar-refractivity contribution < 1.29 is 105 Å². The minimum absolute atomic E-state index is 0. The van der Waals surface area contributed by atoms with Crippen LogP contribution in [0.1, 0.15) is 152 Å². The fraction of sp³-hybridized carbons (Fsp3) is 0.603. The third kappa shape index (κ3) is 35.4. The van der Waals surface area contributed by atoms with Gasteiger partial charge in [0.15, 0.2) is 23.1 Å². The minimum Gasteiger partial charge on any atom is -0.629 e. The molecule has 8 atom stereocenters. The van der Waals surface area contributed by atoms with Crippen molar-refractivity contribution >= 4 is 158 Å². The van der Waals surface area contributed by atoms with Gasteiger partial charge in [-0.1, -0.05) is 89.2 Å². The molecular formula is C68H106B11KN10O11PS. The third-order valence-corrected chi connectivity index (χ3v) is 20.7. The first kappa shape index (κ1) is 97.2. The van der Waals surface area contributed by atoms with Gasteiger partial charge >= 0.3 is 57.4 Å². The van der Waals surface area contributed by atoms with Crippen molar-refractivity contribution in [3.63, 3.8) is 0 Å². The Hall–Kier alpha value is -3.78. The predicted octanol–water partition coefficient (Wildman–Crippen LogP) is -0.553. The topological polar surface area (TPSA) is 388 Å². The number of Topliss-reactive ketones (excluding diaryl/α,β-unsaturated/α-hetero) is 4. The molecule has 3 rings (SSSR count). The number of nitrogens with two attached hydrogens (primary N) is 5. The Labute approximate surface area is 672 Å². The normalized spacial score (nSPS) is 13.6. The molecule has 103 heavy (non-hydrogen) atoms. The number of hydrogen-bond donors (Lipinski definition) is 12. The maximum atomic E-state index is 14.8. The number of rotatable bonds is 53. The van der Waals surface area contributed by atoms with Crippen molar-refractivity contribution in [1.29, 1.82) is 0 Å². The van der Waals surface area contributed by atoms with Crippen LogP contribution in [0.3, 0.4) is 0 Å². The van der Waals surface area contributed by atoms with E-state index in [0.717, 1.165) is 25.2 Å². The number of aromatic hydroxyl groups is 1. The van der Waals surface area contributed by atoms with Crippen LogP contribution < -0.4 is 101 Å². The second kappa shape index (κ2) is 53.1. The van der Waals surface area contributed by atoms with Crippen LogP contribution in [0.15, 0.2) is 67.4 Å². The number of aliphatic carboxylic acids is 1. The van der Waals surface area contributed by atoms with E-state index in [9.17, 15) is 53.4 Å². The Balaban J connectivity index is 0.00000371. The van der Waals surface area contributed by atoms with Crippen LogP contribution in [0.4, 0.5) is 0 Å². The molecule has 35 heteroatoms. The molecule has 0 aliphatic heterocycles. The molecule has 1 aromatic heterocycles. The summed E-state index contributed by atoms with van der Waals surface area (Å²) < 4.78 is 0. The summed E-state index contributed by atoms with van der Waals surface area (Å²) in [6.07, 6.45) is 6.86. The number of aromatic amines is 1. The van der Waals surface area contributed by atoms with Crippen molar-refractivity contribution in [3.8, 4) is 5.75 Å². The number of carbonyl (C=O) groups is 9. The summed E-state index contributed by atoms with van der Waals surface area (Å²) in [6, 6.07) is 11.0. The molecule has 2 aromatic carbocycles. The molecule has 13 radical (unpaired) electrons. The number of ketones is 4. The molecule has 0 spiro atoms. The predicted molar refractivity (Wildman–Crippen MR) is 426 cm³/mol. The number of unbranched alkanes of at least 4 members (excludes halogenated alkanes) is 2. The molecule has 0 aliphatic carbocycles. The van der Waals surface area contributed by atoms with Crippen molar-refractivity contribution in [3.05, 3.63) is 95.3 Å². The van der Waals surface area contributed by atoms with E-state index in [1.54, 1.807) is 52.1 Å². The summed E-state index contributed by atoms with van der Waals surface area (Å²) in [5.74, 6) is -9.78. The Kier molecular flexibility index (Phi) is 50.1. The van der Waals surface area contributed by atoms with Gasteiger partial charge in [0, 0.05) is 61.9 Å². The first-order valence-corrected chi connectivity index (χ1v) is 38.0. The Bertz CT molecular complexity index is 3060. The molecule has 0 bridgehead atoms. The number of carbonyl (C=O) groups excluding carboxylic acids is 8. The van der Waals surface area contributed by atoms with Crippen molar-refractivity contribution in [2.45, 2.75) is 174 Å². The van der Waals surface area contributed by atoms with Gasteiger partial charge in [0.25, 0.3) is 0 Å². The molecule has 0 saturated carbocycles. The fourth-order valence-corrected chi connectivity index (χ4v) is 13.5. The van der Waals surface area contributed by atoms with Crippen molar-refractivity contribution in [2.75, 3.05) is 44.7 Å². The van der Waals surface area contributed by atoms with Crippen molar-refractivity contribution in [2.24, 2.45) is 69.6 Å². The zero-order valence-electron chi connectivity index (χ0n) is 62.0. The second-order valence-electron chi connectivity index (χ2n) is 27.3. The van der Waals surface area contributed by atoms with E-state index in [4.69, 9.17) is 75.1 Å². The van der Waals surface area contributed by atoms with Crippen LogP contribution in [-0.4, -0.2) is 216 Å². The van der Waals surface area contributed by atoms with Gasteiger partial charge in [-0.05, 0) is 241 Å². The van der Waals surface area contributed by atoms with E-state index in [0.29, 0.717) is 94.4 Å². The number of phenols is 1. The fourth-order valence-electron chi connectivity index (χ4n) is 12.2. The van der Waals surface area contributed by atoms with E-state index in [2.05, 4.69) is 32.8 Å². The maximum absolute atomic E-state index is 14.8. The number of benzene rings is 2. The Morgan fingerprint density at radius 2 is 1.14 bits per heavy atom. The molecule has 0 aliphatic rings. The summed E-state index contributed by atoms with van der Waals surface area (Å²) in [5, 5.41) is 32.0. The standard InChI is InChI=1S/C68H106N10O11S.B11P.K/c1-8-53-45(6)74-41-51(53)36-50(63(84)75-55(21-13-15-30-70)58(80)37-48(66(87)88)20-12-14-29-69)39-59(81)56(26-33-90-7)76-65(86)54(43(2)3)40-61(83)62(44(4)5)78-64(85)49(34-47-22-24-52(79)25-23-47)38-60(82)57(35-46-18-10-9-11-19-46)77-67(89)68(42-73,27-16-31-71)28-17-32-72;1-7-10(6)12-11(8(2)3)9(4)5;/h8-11,18-19,22-25,41,43-44,48-50,54-57,62,74,79H,1,12-17,20-21,26-40,42,69-73H2,2-7H3,(H,75,84)(H,76,86)(H,77,89)(H,78,85)(H,87,88);;/q;-1;+1/t48-,49+,50+,54-,55-,56-,57-,62-;;/m0../s1. The summed E-state index contributed by atoms with van der Waals surface area (Å²) in [6.45, 7) is 14.2. The average Bonchev–Trinajstić information content (AvgIpc) is 1.72. The van der Waals surface area contributed by atoms with Crippen LogP contribution >= 0.6 is 20.1 Å². The molecule has 17 N–H and O–H groups in total. The molecule has 21 nitrogen and oxygen atoms in total. The Morgan fingerprint density at radius 1 is 0.631 bits per heavy atom. The van der Waals surface area contributed by atoms with Crippen LogP contribution in [-0.2, 0) is 62.4 Å². The number of amides is 4. The number of aromatic nitrogens is 1. The maximum Gasteiger partial charge on any atom is 1.00 e. The van der Waals surface area contributed by atoms with Gasteiger partial charge in [-0.15, -0.1) is 12.4 Å². The van der Waals surface area contributed by atoms with Gasteiger partial charge in [0.1, 0.15) is 5.75 Å². The largest absolute Gasteiger partial charge is 1.00 e. The molecule has 3 aromatic rings. The third-order valence-electron chi connectivity index (χ3n) is 18.5. The average molecular weight is 1460 g/mol. The number of thioether (sulfide) groups is 1. The number of phenolic OH excluding ortho intramolecular Hbond substituents is 1. The molecular weight excluding hydrogens is 1350 g/mol. The van der Waals surface area contributed by atoms with E-state index >= 15 is 0 Å². The number of aryl methyl sites for hydroxylation is 1. The van der Waals surface area contributed by atoms with Gasteiger partial charge in [0.2, 0.25) is 23.6 Å². The molecule has 0 unspecified atom stereocenters. The molecule has 0 saturated heterocycles. The first-order chi connectivity index (χ1) is 48.4. The number of hydrogen-bond acceptors (Lipinski definition) is 16. The summed E-state index contributed by atoms with van der Waals surface area (Å²) >= 11 is 1.45. The quantitative estimate of drug-likeness (QED) is 0.0192. The van der Waals surface area contributed by atoms with Gasteiger partial charge in [-0.2, -0.15) is 11.8 Å². The minimum atomic E-state index is -1.14. The van der Waals surface area contributed by atoms with Gasteiger partial charge in [0.05, 0.1) is 35.5 Å². The van der Waals surface area contributed by atoms with E-state index in [1.165, 1.54) is 31.0 Å². The number of H-pyrrole nitrogens is 1. The molecule has 4 amide bonds. The molecule has 1 heterocycles. The van der Waals surface area contributed by atoms with E-state index < -0.39 is 131 Å². The van der Waals surface area contributed by atoms with E-state index in [-0.39, 0.29) is 140 Å². The summed E-state index contributed by atoms with van der Waals surface area (Å²) in [7, 11) is 34.6. The van der Waals surface area contributed by atoms with Gasteiger partial charge < -0.3 is 73.5 Å². The zero-order valence-corrected chi connectivity index (χ0v) is 66.8.